The molecular formula is C18H20N4O2. The second-order valence-corrected chi connectivity index (χ2v) is 6.50. The van der Waals surface area contributed by atoms with Gasteiger partial charge in [0.1, 0.15) is 5.82 Å². The zero-order valence-electron chi connectivity index (χ0n) is 13.7. The molecule has 2 aromatic rings. The molecule has 0 N–H and O–H groups in total. The Kier molecular flexibility index (Phi) is 3.59. The van der Waals surface area contributed by atoms with E-state index in [-0.39, 0.29) is 17.4 Å². The van der Waals surface area contributed by atoms with Crippen molar-refractivity contribution in [1.82, 2.24) is 9.55 Å². The number of hydrogen-bond acceptors (Lipinski definition) is 4. The lowest BCUT2D eigenvalue weighted by Gasteiger charge is -2.22. The van der Waals surface area contributed by atoms with Gasteiger partial charge in [-0.25, -0.2) is 4.98 Å². The van der Waals surface area contributed by atoms with Gasteiger partial charge >= 0.3 is 0 Å². The minimum absolute atomic E-state index is 0.0398. The highest BCUT2D eigenvalue weighted by Gasteiger charge is 2.34. The summed E-state index contributed by atoms with van der Waals surface area (Å²) in [5, 5.41) is 0. The first-order valence-electron chi connectivity index (χ1n) is 8.30. The van der Waals surface area contributed by atoms with Crippen LogP contribution >= 0.6 is 0 Å². The third kappa shape index (κ3) is 2.48. The topological polar surface area (TPSA) is 58.4 Å². The molecule has 1 aromatic heterocycles. The van der Waals surface area contributed by atoms with Crippen molar-refractivity contribution in [2.45, 2.75) is 12.8 Å². The molecule has 0 radical (unpaired) electrons. The van der Waals surface area contributed by atoms with Gasteiger partial charge in [-0.05, 0) is 24.5 Å². The average molecular weight is 324 g/mol. The van der Waals surface area contributed by atoms with Crippen molar-refractivity contribution in [2.24, 2.45) is 13.0 Å². The number of carbonyl (C=O) groups excluding carboxylic acids is 1. The van der Waals surface area contributed by atoms with E-state index in [1.54, 1.807) is 7.05 Å². The number of para-hydroxylation sites is 1. The van der Waals surface area contributed by atoms with Crippen LogP contribution in [0.4, 0.5) is 11.5 Å². The summed E-state index contributed by atoms with van der Waals surface area (Å²) in [6, 6.07) is 9.65. The van der Waals surface area contributed by atoms with Crippen LogP contribution in [0, 0.1) is 5.92 Å². The normalized spacial score (nSPS) is 19.6. The number of rotatable bonds is 2. The van der Waals surface area contributed by atoms with Crippen molar-refractivity contribution in [2.75, 3.05) is 29.4 Å². The lowest BCUT2D eigenvalue weighted by molar-refractivity contribution is -0.121. The molecule has 2 aliphatic rings. The van der Waals surface area contributed by atoms with Crippen molar-refractivity contribution < 1.29 is 4.79 Å². The molecule has 1 saturated heterocycles. The summed E-state index contributed by atoms with van der Waals surface area (Å²) in [4.78, 5) is 33.0. The van der Waals surface area contributed by atoms with Crippen molar-refractivity contribution in [3.63, 3.8) is 0 Å². The first kappa shape index (κ1) is 14.9. The number of aryl methyl sites for hydroxylation is 1. The Morgan fingerprint density at radius 3 is 2.92 bits per heavy atom. The van der Waals surface area contributed by atoms with Gasteiger partial charge in [0.2, 0.25) is 5.91 Å². The van der Waals surface area contributed by atoms with Gasteiger partial charge in [0.05, 0.1) is 12.2 Å². The molecule has 3 heterocycles. The fourth-order valence-corrected chi connectivity index (χ4v) is 3.58. The van der Waals surface area contributed by atoms with E-state index in [0.717, 1.165) is 31.6 Å². The molecule has 1 fully saturated rings. The number of nitrogens with zero attached hydrogens (tertiary/aromatic N) is 4. The molecule has 0 spiro atoms. The molecular weight excluding hydrogens is 304 g/mol. The van der Waals surface area contributed by atoms with Crippen LogP contribution in [0.5, 0.6) is 0 Å². The average Bonchev–Trinajstić information content (AvgIpc) is 3.24. The van der Waals surface area contributed by atoms with Gasteiger partial charge in [0.15, 0.2) is 0 Å². The SMILES string of the molecule is Cn1cnc(N2CCC(C(=O)N3CCc4ccccc43)C2)cc1=O. The Labute approximate surface area is 140 Å². The lowest BCUT2D eigenvalue weighted by Crippen LogP contribution is -2.36. The van der Waals surface area contributed by atoms with Crippen LogP contribution in [0.25, 0.3) is 0 Å². The van der Waals surface area contributed by atoms with E-state index in [2.05, 4.69) is 11.1 Å². The molecule has 1 aromatic carbocycles. The first-order valence-corrected chi connectivity index (χ1v) is 8.30. The highest BCUT2D eigenvalue weighted by molar-refractivity contribution is 5.97. The Bertz CT molecular complexity index is 845. The van der Waals surface area contributed by atoms with E-state index in [4.69, 9.17) is 0 Å². The summed E-state index contributed by atoms with van der Waals surface area (Å²) in [7, 11) is 1.68. The van der Waals surface area contributed by atoms with Gasteiger partial charge < -0.3 is 14.4 Å². The number of aromatic nitrogens is 2. The third-order valence-corrected chi connectivity index (χ3v) is 4.98. The predicted octanol–water partition coefficient (Wildman–Crippen LogP) is 1.20. The number of hydrogen-bond donors (Lipinski definition) is 0. The van der Waals surface area contributed by atoms with Crippen molar-refractivity contribution in [1.29, 1.82) is 0 Å². The molecule has 1 amide bonds. The molecule has 4 rings (SSSR count). The van der Waals surface area contributed by atoms with Gasteiger partial charge in [-0.2, -0.15) is 0 Å². The van der Waals surface area contributed by atoms with Gasteiger partial charge in [0.25, 0.3) is 5.56 Å². The van der Waals surface area contributed by atoms with Crippen LogP contribution in [-0.2, 0) is 18.3 Å². The molecule has 0 saturated carbocycles. The number of amides is 1. The van der Waals surface area contributed by atoms with Crippen LogP contribution in [0.15, 0.2) is 41.5 Å². The summed E-state index contributed by atoms with van der Waals surface area (Å²) in [5.41, 5.74) is 2.21. The minimum atomic E-state index is -0.0803. The van der Waals surface area contributed by atoms with E-state index in [1.165, 1.54) is 22.5 Å². The molecule has 2 aliphatic heterocycles. The quantitative estimate of drug-likeness (QED) is 0.833. The maximum atomic E-state index is 12.9. The fraction of sp³-hybridized carbons (Fsp3) is 0.389. The molecule has 1 unspecified atom stereocenters. The lowest BCUT2D eigenvalue weighted by atomic mass is 10.1. The largest absolute Gasteiger partial charge is 0.356 e. The third-order valence-electron chi connectivity index (χ3n) is 4.98. The van der Waals surface area contributed by atoms with Crippen molar-refractivity contribution in [3.05, 3.63) is 52.6 Å². The molecule has 0 aliphatic carbocycles. The maximum Gasteiger partial charge on any atom is 0.255 e. The van der Waals surface area contributed by atoms with Crippen LogP contribution in [0.1, 0.15) is 12.0 Å². The van der Waals surface area contributed by atoms with Crippen LogP contribution < -0.4 is 15.4 Å². The van der Waals surface area contributed by atoms with Gasteiger partial charge in [0, 0.05) is 38.4 Å². The van der Waals surface area contributed by atoms with E-state index in [0.29, 0.717) is 12.4 Å². The van der Waals surface area contributed by atoms with Crippen LogP contribution in [-0.4, -0.2) is 35.1 Å². The summed E-state index contributed by atoms with van der Waals surface area (Å²) >= 11 is 0. The highest BCUT2D eigenvalue weighted by atomic mass is 16.2. The summed E-state index contributed by atoms with van der Waals surface area (Å²) in [6.07, 6.45) is 3.26. The standard InChI is InChI=1S/C18H20N4O2/c1-20-12-19-16(10-17(20)23)21-8-6-14(11-21)18(24)22-9-7-13-4-2-3-5-15(13)22/h2-5,10,12,14H,6-9,11H2,1H3. The highest BCUT2D eigenvalue weighted by Crippen LogP contribution is 2.31. The zero-order chi connectivity index (χ0) is 16.7. The number of benzene rings is 1. The summed E-state index contributed by atoms with van der Waals surface area (Å²) in [6.45, 7) is 2.14. The van der Waals surface area contributed by atoms with Crippen molar-refractivity contribution in [3.8, 4) is 0 Å². The minimum Gasteiger partial charge on any atom is -0.356 e. The molecule has 124 valence electrons. The Balaban J connectivity index is 1.50. The monoisotopic (exact) mass is 324 g/mol. The van der Waals surface area contributed by atoms with Gasteiger partial charge in [-0.15, -0.1) is 0 Å². The second kappa shape index (κ2) is 5.78. The van der Waals surface area contributed by atoms with E-state index >= 15 is 0 Å². The van der Waals surface area contributed by atoms with Crippen molar-refractivity contribution >= 4 is 17.4 Å². The van der Waals surface area contributed by atoms with E-state index in [1.807, 2.05) is 28.0 Å². The predicted molar refractivity (Wildman–Crippen MR) is 92.3 cm³/mol. The maximum absolute atomic E-state index is 12.9. The van der Waals surface area contributed by atoms with Crippen LogP contribution in [0.3, 0.4) is 0 Å². The van der Waals surface area contributed by atoms with Gasteiger partial charge in [-0.1, -0.05) is 18.2 Å². The zero-order valence-corrected chi connectivity index (χ0v) is 13.7. The second-order valence-electron chi connectivity index (χ2n) is 6.50. The number of carbonyl (C=O) groups is 1. The smallest absolute Gasteiger partial charge is 0.255 e. The number of anilines is 2. The summed E-state index contributed by atoms with van der Waals surface area (Å²) < 4.78 is 1.45. The fourth-order valence-electron chi connectivity index (χ4n) is 3.58. The molecule has 6 heteroatoms. The Morgan fingerprint density at radius 1 is 1.25 bits per heavy atom. The molecule has 24 heavy (non-hydrogen) atoms. The van der Waals surface area contributed by atoms with Gasteiger partial charge in [-0.3, -0.25) is 9.59 Å². The Hall–Kier alpha value is -2.63. The molecule has 6 nitrogen and oxygen atoms in total. The Morgan fingerprint density at radius 2 is 2.08 bits per heavy atom. The van der Waals surface area contributed by atoms with E-state index in [9.17, 15) is 9.59 Å². The summed E-state index contributed by atoms with van der Waals surface area (Å²) in [5.74, 6) is 0.809. The first-order chi connectivity index (χ1) is 11.6. The number of fused-ring (bicyclic) bond motifs is 1. The molecule has 1 atom stereocenters. The van der Waals surface area contributed by atoms with Crippen LogP contribution in [0.2, 0.25) is 0 Å². The van der Waals surface area contributed by atoms with E-state index < -0.39 is 0 Å². The molecule has 0 bridgehead atoms.